The van der Waals surface area contributed by atoms with Crippen LogP contribution in [0.5, 0.6) is 0 Å². The van der Waals surface area contributed by atoms with Crippen molar-refractivity contribution in [2.75, 3.05) is 0 Å². The zero-order valence-corrected chi connectivity index (χ0v) is 7.22. The van der Waals surface area contributed by atoms with Gasteiger partial charge in [0.15, 0.2) is 0 Å². The molecule has 0 spiro atoms. The molecule has 0 unspecified atom stereocenters. The van der Waals surface area contributed by atoms with Crippen molar-refractivity contribution < 1.29 is 5.11 Å². The molecular formula is C9H18O. The van der Waals surface area contributed by atoms with Gasteiger partial charge in [-0.1, -0.05) is 20.8 Å². The van der Waals surface area contributed by atoms with E-state index in [1.54, 1.807) is 0 Å². The number of hydrogen-bond acceptors (Lipinski definition) is 1. The summed E-state index contributed by atoms with van der Waals surface area (Å²) in [6.07, 6.45) is 3.21. The van der Waals surface area contributed by atoms with Gasteiger partial charge in [-0.05, 0) is 30.6 Å². The molecule has 10 heavy (non-hydrogen) atoms. The van der Waals surface area contributed by atoms with Crippen LogP contribution in [0.1, 0.15) is 40.0 Å². The smallest absolute Gasteiger partial charge is 0.0547 e. The maximum Gasteiger partial charge on any atom is 0.0547 e. The monoisotopic (exact) mass is 142 g/mol. The third-order valence-electron chi connectivity index (χ3n) is 2.36. The maximum absolute atomic E-state index is 9.42. The second kappa shape index (κ2) is 2.54. The van der Waals surface area contributed by atoms with Gasteiger partial charge in [0.2, 0.25) is 0 Å². The van der Waals surface area contributed by atoms with Gasteiger partial charge < -0.3 is 5.11 Å². The first-order valence-electron chi connectivity index (χ1n) is 4.18. The Kier molecular flexibility index (Phi) is 2.04. The van der Waals surface area contributed by atoms with Gasteiger partial charge >= 0.3 is 0 Å². The van der Waals surface area contributed by atoms with Crippen molar-refractivity contribution in [3.05, 3.63) is 0 Å². The Bertz CT molecular complexity index is 106. The lowest BCUT2D eigenvalue weighted by Crippen LogP contribution is -2.30. The first kappa shape index (κ1) is 8.06. The van der Waals surface area contributed by atoms with E-state index in [9.17, 15) is 5.11 Å². The van der Waals surface area contributed by atoms with E-state index in [1.165, 1.54) is 6.42 Å². The Hall–Kier alpha value is -0.0400. The van der Waals surface area contributed by atoms with Gasteiger partial charge in [0.05, 0.1) is 6.10 Å². The molecule has 0 radical (unpaired) electrons. The van der Waals surface area contributed by atoms with Crippen LogP contribution in [0.25, 0.3) is 0 Å². The van der Waals surface area contributed by atoms with Crippen LogP contribution in [0.3, 0.4) is 0 Å². The van der Waals surface area contributed by atoms with Gasteiger partial charge in [-0.2, -0.15) is 0 Å². The van der Waals surface area contributed by atoms with Crippen molar-refractivity contribution in [2.24, 2.45) is 11.3 Å². The fourth-order valence-electron chi connectivity index (χ4n) is 2.30. The van der Waals surface area contributed by atoms with Gasteiger partial charge in [-0.25, -0.2) is 0 Å². The van der Waals surface area contributed by atoms with Crippen LogP contribution < -0.4 is 0 Å². The highest BCUT2D eigenvalue weighted by atomic mass is 16.3. The van der Waals surface area contributed by atoms with Crippen molar-refractivity contribution >= 4 is 0 Å². The highest BCUT2D eigenvalue weighted by Gasteiger charge is 2.30. The van der Waals surface area contributed by atoms with Crippen LogP contribution in [0.2, 0.25) is 0 Å². The molecule has 1 aliphatic rings. The largest absolute Gasteiger partial charge is 0.393 e. The number of aliphatic hydroxyl groups excluding tert-OH is 1. The lowest BCUT2D eigenvalue weighted by atomic mass is 9.72. The molecule has 1 fully saturated rings. The van der Waals surface area contributed by atoms with Gasteiger partial charge in [0, 0.05) is 0 Å². The summed E-state index contributed by atoms with van der Waals surface area (Å²) in [5.74, 6) is 0.707. The fraction of sp³-hybridized carbons (Fsp3) is 1.00. The molecule has 0 saturated heterocycles. The van der Waals surface area contributed by atoms with E-state index in [2.05, 4.69) is 20.8 Å². The number of rotatable bonds is 0. The van der Waals surface area contributed by atoms with Crippen molar-refractivity contribution in [1.29, 1.82) is 0 Å². The summed E-state index contributed by atoms with van der Waals surface area (Å²) in [4.78, 5) is 0. The van der Waals surface area contributed by atoms with Gasteiger partial charge in [0.1, 0.15) is 0 Å². The minimum absolute atomic E-state index is 0.0428. The Balaban J connectivity index is 2.51. The minimum Gasteiger partial charge on any atom is -0.393 e. The highest BCUT2D eigenvalue weighted by Crippen LogP contribution is 2.38. The van der Waals surface area contributed by atoms with Crippen molar-refractivity contribution in [2.45, 2.75) is 46.1 Å². The summed E-state index contributed by atoms with van der Waals surface area (Å²) in [6, 6.07) is 0. The average molecular weight is 142 g/mol. The molecule has 1 rings (SSSR count). The molecule has 1 nitrogen and oxygen atoms in total. The first-order valence-corrected chi connectivity index (χ1v) is 4.18. The lowest BCUT2D eigenvalue weighted by molar-refractivity contribution is 0.0394. The van der Waals surface area contributed by atoms with Crippen LogP contribution in [-0.4, -0.2) is 11.2 Å². The molecule has 2 atom stereocenters. The van der Waals surface area contributed by atoms with E-state index in [4.69, 9.17) is 0 Å². The second-order valence-electron chi connectivity index (χ2n) is 4.57. The Labute approximate surface area is 63.4 Å². The summed E-state index contributed by atoms with van der Waals surface area (Å²) in [5, 5.41) is 9.42. The Morgan fingerprint density at radius 2 is 1.90 bits per heavy atom. The molecule has 0 aromatic heterocycles. The first-order chi connectivity index (χ1) is 4.49. The molecule has 0 heterocycles. The van der Waals surface area contributed by atoms with Crippen LogP contribution in [0, 0.1) is 11.3 Å². The average Bonchev–Trinajstić information content (AvgIpc) is 1.54. The predicted molar refractivity (Wildman–Crippen MR) is 42.8 cm³/mol. The topological polar surface area (TPSA) is 20.2 Å². The highest BCUT2D eigenvalue weighted by molar-refractivity contribution is 4.82. The molecule has 1 aliphatic carbocycles. The summed E-state index contributed by atoms with van der Waals surface area (Å²) >= 11 is 0. The van der Waals surface area contributed by atoms with Crippen molar-refractivity contribution in [3.8, 4) is 0 Å². The van der Waals surface area contributed by atoms with Gasteiger partial charge in [0.25, 0.3) is 0 Å². The van der Waals surface area contributed by atoms with Crippen molar-refractivity contribution in [3.63, 3.8) is 0 Å². The zero-order valence-electron chi connectivity index (χ0n) is 7.22. The number of aliphatic hydroxyl groups is 1. The molecule has 1 N–H and O–H groups in total. The van der Waals surface area contributed by atoms with Crippen LogP contribution in [0.4, 0.5) is 0 Å². The molecule has 0 aliphatic heterocycles. The van der Waals surface area contributed by atoms with Crippen molar-refractivity contribution in [1.82, 2.24) is 0 Å². The standard InChI is InChI=1S/C9H18O/c1-7-4-8(10)6-9(2,3)5-7/h7-8,10H,4-6H2,1-3H3/t7-,8+/m0/s1. The lowest BCUT2D eigenvalue weighted by Gasteiger charge is -2.36. The molecule has 0 bridgehead atoms. The fourth-order valence-corrected chi connectivity index (χ4v) is 2.30. The normalized spacial score (nSPS) is 39.6. The number of hydrogen-bond donors (Lipinski definition) is 1. The summed E-state index contributed by atoms with van der Waals surface area (Å²) < 4.78 is 0. The van der Waals surface area contributed by atoms with E-state index in [-0.39, 0.29) is 6.10 Å². The molecule has 0 aromatic carbocycles. The molecule has 60 valence electrons. The minimum atomic E-state index is -0.0428. The van der Waals surface area contributed by atoms with Crippen LogP contribution >= 0.6 is 0 Å². The molecule has 0 aromatic rings. The van der Waals surface area contributed by atoms with E-state index in [1.807, 2.05) is 0 Å². The zero-order chi connectivity index (χ0) is 7.78. The second-order valence-corrected chi connectivity index (χ2v) is 4.57. The van der Waals surface area contributed by atoms with Crippen LogP contribution in [-0.2, 0) is 0 Å². The van der Waals surface area contributed by atoms with Crippen LogP contribution in [0.15, 0.2) is 0 Å². The summed E-state index contributed by atoms with van der Waals surface area (Å²) in [6.45, 7) is 6.71. The van der Waals surface area contributed by atoms with Gasteiger partial charge in [-0.15, -0.1) is 0 Å². The molecular weight excluding hydrogens is 124 g/mol. The Morgan fingerprint density at radius 1 is 1.30 bits per heavy atom. The van der Waals surface area contributed by atoms with E-state index >= 15 is 0 Å². The summed E-state index contributed by atoms with van der Waals surface area (Å²) in [7, 11) is 0. The molecule has 1 heteroatoms. The third kappa shape index (κ3) is 1.98. The predicted octanol–water partition coefficient (Wildman–Crippen LogP) is 2.19. The SMILES string of the molecule is C[C@H]1C[C@@H](O)CC(C)(C)C1. The van der Waals surface area contributed by atoms with E-state index in [0.29, 0.717) is 11.3 Å². The molecule has 0 amide bonds. The Morgan fingerprint density at radius 3 is 2.30 bits per heavy atom. The van der Waals surface area contributed by atoms with E-state index in [0.717, 1.165) is 12.8 Å². The maximum atomic E-state index is 9.42. The van der Waals surface area contributed by atoms with E-state index < -0.39 is 0 Å². The van der Waals surface area contributed by atoms with Gasteiger partial charge in [-0.3, -0.25) is 0 Å². The third-order valence-corrected chi connectivity index (χ3v) is 2.36. The molecule has 1 saturated carbocycles. The summed E-state index contributed by atoms with van der Waals surface area (Å²) in [5.41, 5.74) is 0.372. The quantitative estimate of drug-likeness (QED) is 0.549.